The van der Waals surface area contributed by atoms with Gasteiger partial charge in [0.05, 0.1) is 0 Å². The average Bonchev–Trinajstić information content (AvgIpc) is 3.43. The molecule has 8 rings (SSSR count). The first-order valence-electron chi connectivity index (χ1n) is 14.9. The molecule has 1 aromatic heterocycles. The molecular formula is C42H29NS. The third-order valence-corrected chi connectivity index (χ3v) is 10.2. The van der Waals surface area contributed by atoms with E-state index >= 15 is 0 Å². The van der Waals surface area contributed by atoms with Crippen LogP contribution < -0.4 is 5.32 Å². The first-order valence-corrected chi connectivity index (χ1v) is 15.8. The highest BCUT2D eigenvalue weighted by Crippen LogP contribution is 2.43. The summed E-state index contributed by atoms with van der Waals surface area (Å²) in [6.07, 6.45) is 10.1. The second kappa shape index (κ2) is 10.7. The Labute approximate surface area is 261 Å². The lowest BCUT2D eigenvalue weighted by Crippen LogP contribution is -2.17. The van der Waals surface area contributed by atoms with E-state index in [0.717, 1.165) is 23.4 Å². The molecule has 0 aliphatic carbocycles. The summed E-state index contributed by atoms with van der Waals surface area (Å²) in [5.41, 5.74) is 11.0. The predicted molar refractivity (Wildman–Crippen MR) is 191 cm³/mol. The van der Waals surface area contributed by atoms with Crippen molar-refractivity contribution in [3.8, 4) is 23.5 Å². The fourth-order valence-electron chi connectivity index (χ4n) is 6.72. The zero-order chi connectivity index (χ0) is 29.6. The van der Waals surface area contributed by atoms with Gasteiger partial charge in [-0.15, -0.1) is 17.8 Å². The van der Waals surface area contributed by atoms with Gasteiger partial charge < -0.3 is 5.32 Å². The van der Waals surface area contributed by atoms with E-state index in [9.17, 15) is 0 Å². The zero-order valence-electron chi connectivity index (χ0n) is 24.4. The fourth-order valence-corrected chi connectivity index (χ4v) is 8.10. The summed E-state index contributed by atoms with van der Waals surface area (Å²) < 4.78 is 1.28. The van der Waals surface area contributed by atoms with Crippen LogP contribution in [0.25, 0.3) is 60.1 Å². The molecule has 0 atom stereocenters. The van der Waals surface area contributed by atoms with Gasteiger partial charge in [-0.2, -0.15) is 0 Å². The van der Waals surface area contributed by atoms with E-state index in [2.05, 4.69) is 139 Å². The molecule has 1 aliphatic heterocycles. The van der Waals surface area contributed by atoms with Crippen LogP contribution >= 0.6 is 11.3 Å². The topological polar surface area (TPSA) is 12.0 Å². The SMILES string of the molecule is C#C/C=C(/c1ccccc1)c1sc2c(-c3cccc(C4=Cc5c(c6ccccc6c6ccccc56)CN4)c3)cccc2c1C. The molecular weight excluding hydrogens is 551 g/mol. The highest BCUT2D eigenvalue weighted by Gasteiger charge is 2.20. The summed E-state index contributed by atoms with van der Waals surface area (Å²) >= 11 is 1.83. The maximum atomic E-state index is 5.81. The normalized spacial score (nSPS) is 13.0. The maximum Gasteiger partial charge on any atom is 0.0430 e. The molecule has 1 N–H and O–H groups in total. The molecule has 6 aromatic carbocycles. The van der Waals surface area contributed by atoms with Crippen molar-refractivity contribution in [2.75, 3.05) is 0 Å². The Bertz CT molecular complexity index is 2340. The van der Waals surface area contributed by atoms with Gasteiger partial charge in [0.25, 0.3) is 0 Å². The number of allylic oxidation sites excluding steroid dienone is 1. The maximum absolute atomic E-state index is 5.81. The molecule has 0 saturated carbocycles. The zero-order valence-corrected chi connectivity index (χ0v) is 25.2. The van der Waals surface area contributed by atoms with Gasteiger partial charge in [0.15, 0.2) is 0 Å². The molecule has 0 fully saturated rings. The van der Waals surface area contributed by atoms with Crippen LogP contribution in [0.1, 0.15) is 32.7 Å². The van der Waals surface area contributed by atoms with Crippen molar-refractivity contribution in [3.05, 3.63) is 160 Å². The Morgan fingerprint density at radius 2 is 1.39 bits per heavy atom. The second-order valence-corrected chi connectivity index (χ2v) is 12.3. The van der Waals surface area contributed by atoms with E-state index in [1.165, 1.54) is 69.9 Å². The van der Waals surface area contributed by atoms with Crippen LogP contribution in [-0.4, -0.2) is 0 Å². The van der Waals surface area contributed by atoms with Gasteiger partial charge in [-0.3, -0.25) is 0 Å². The van der Waals surface area contributed by atoms with Crippen molar-refractivity contribution in [2.45, 2.75) is 13.5 Å². The first-order chi connectivity index (χ1) is 21.7. The third kappa shape index (κ3) is 4.25. The van der Waals surface area contributed by atoms with Crippen molar-refractivity contribution in [1.82, 2.24) is 5.32 Å². The number of thiophene rings is 1. The molecule has 1 aliphatic rings. The highest BCUT2D eigenvalue weighted by molar-refractivity contribution is 7.21. The summed E-state index contributed by atoms with van der Waals surface area (Å²) in [6.45, 7) is 3.01. The fraction of sp³-hybridized carbons (Fsp3) is 0.0476. The van der Waals surface area contributed by atoms with Crippen molar-refractivity contribution < 1.29 is 0 Å². The lowest BCUT2D eigenvalue weighted by Gasteiger charge is -2.23. The van der Waals surface area contributed by atoms with Crippen LogP contribution in [0, 0.1) is 19.3 Å². The molecule has 208 valence electrons. The van der Waals surface area contributed by atoms with E-state index < -0.39 is 0 Å². The minimum absolute atomic E-state index is 0.795. The average molecular weight is 580 g/mol. The van der Waals surface area contributed by atoms with Gasteiger partial charge in [0.1, 0.15) is 0 Å². The van der Waals surface area contributed by atoms with Crippen molar-refractivity contribution >= 4 is 60.3 Å². The van der Waals surface area contributed by atoms with Crippen LogP contribution in [-0.2, 0) is 6.54 Å². The number of hydrogen-bond acceptors (Lipinski definition) is 2. The molecule has 1 nitrogen and oxygen atoms in total. The second-order valence-electron chi connectivity index (χ2n) is 11.3. The Morgan fingerprint density at radius 3 is 2.18 bits per heavy atom. The molecule has 0 radical (unpaired) electrons. The summed E-state index contributed by atoms with van der Waals surface area (Å²) in [7, 11) is 0. The number of benzene rings is 6. The minimum atomic E-state index is 0.795. The minimum Gasteiger partial charge on any atom is -0.380 e. The summed E-state index contributed by atoms with van der Waals surface area (Å²) in [6, 6.07) is 43.6. The molecule has 44 heavy (non-hydrogen) atoms. The van der Waals surface area contributed by atoms with Crippen LogP contribution in [0.4, 0.5) is 0 Å². The van der Waals surface area contributed by atoms with Crippen LogP contribution in [0.2, 0.25) is 0 Å². The molecule has 0 amide bonds. The number of terminal acetylenes is 1. The molecule has 2 heterocycles. The summed E-state index contributed by atoms with van der Waals surface area (Å²) in [5.74, 6) is 2.79. The van der Waals surface area contributed by atoms with Crippen molar-refractivity contribution in [3.63, 3.8) is 0 Å². The van der Waals surface area contributed by atoms with E-state index in [4.69, 9.17) is 6.42 Å². The predicted octanol–water partition coefficient (Wildman–Crippen LogP) is 10.8. The number of aryl methyl sites for hydroxylation is 1. The van der Waals surface area contributed by atoms with E-state index in [1.807, 2.05) is 23.5 Å². The quantitative estimate of drug-likeness (QED) is 0.162. The van der Waals surface area contributed by atoms with E-state index in [1.54, 1.807) is 0 Å². The standard InChI is InChI=1S/C42H29NS/c1-3-13-32(28-14-5-4-6-15-28)41-27(2)31-22-12-23-33(42(31)44-41)29-16-11-17-30(24-29)40-25-38-36-20-9-7-18-34(36)35-19-8-10-21-37(35)39(38)26-43-40/h1,4-25,43H,26H2,2H3/b32-13-. The van der Waals surface area contributed by atoms with Gasteiger partial charge >= 0.3 is 0 Å². The number of fused-ring (bicyclic) bond motifs is 7. The smallest absolute Gasteiger partial charge is 0.0430 e. The van der Waals surface area contributed by atoms with Gasteiger partial charge in [-0.25, -0.2) is 0 Å². The highest BCUT2D eigenvalue weighted by atomic mass is 32.1. The van der Waals surface area contributed by atoms with Gasteiger partial charge in [-0.05, 0) is 91.0 Å². The van der Waals surface area contributed by atoms with Crippen LogP contribution in [0.5, 0.6) is 0 Å². The third-order valence-electron chi connectivity index (χ3n) is 8.83. The van der Waals surface area contributed by atoms with Crippen LogP contribution in [0.3, 0.4) is 0 Å². The van der Waals surface area contributed by atoms with Gasteiger partial charge in [0, 0.05) is 27.4 Å². The largest absolute Gasteiger partial charge is 0.380 e. The lowest BCUT2D eigenvalue weighted by atomic mass is 9.88. The van der Waals surface area contributed by atoms with Gasteiger partial charge in [0.2, 0.25) is 0 Å². The lowest BCUT2D eigenvalue weighted by molar-refractivity contribution is 0.889. The summed E-state index contributed by atoms with van der Waals surface area (Å²) in [5, 5.41) is 10.3. The Kier molecular flexibility index (Phi) is 6.41. The van der Waals surface area contributed by atoms with E-state index in [0.29, 0.717) is 0 Å². The van der Waals surface area contributed by atoms with Gasteiger partial charge in [-0.1, -0.05) is 121 Å². The first kappa shape index (κ1) is 26.3. The molecule has 2 heteroatoms. The number of nitrogens with one attached hydrogen (secondary N) is 1. The Hall–Kier alpha value is -5.36. The molecule has 0 saturated heterocycles. The van der Waals surface area contributed by atoms with Crippen molar-refractivity contribution in [2.24, 2.45) is 0 Å². The van der Waals surface area contributed by atoms with Crippen molar-refractivity contribution in [1.29, 1.82) is 0 Å². The molecule has 7 aromatic rings. The summed E-state index contributed by atoms with van der Waals surface area (Å²) in [4.78, 5) is 1.22. The van der Waals surface area contributed by atoms with Crippen LogP contribution in [0.15, 0.2) is 127 Å². The number of hydrogen-bond donors (Lipinski definition) is 1. The van der Waals surface area contributed by atoms with E-state index in [-0.39, 0.29) is 0 Å². The molecule has 0 spiro atoms. The molecule has 0 unspecified atom stereocenters. The Balaban J connectivity index is 1.25. The molecule has 0 bridgehead atoms. The monoisotopic (exact) mass is 579 g/mol. The number of rotatable bonds is 4. The Morgan fingerprint density at radius 1 is 0.727 bits per heavy atom.